The van der Waals surface area contributed by atoms with Gasteiger partial charge in [0.1, 0.15) is 12.2 Å². The van der Waals surface area contributed by atoms with Crippen LogP contribution in [0.5, 0.6) is 0 Å². The van der Waals surface area contributed by atoms with Crippen molar-refractivity contribution in [3.05, 3.63) is 12.2 Å². The van der Waals surface area contributed by atoms with Gasteiger partial charge >= 0.3 is 5.97 Å². The molecule has 116 valence electrons. The Kier molecular flexibility index (Phi) is 3.97. The van der Waals surface area contributed by atoms with E-state index >= 15 is 0 Å². The molecule has 0 saturated heterocycles. The van der Waals surface area contributed by atoms with Crippen molar-refractivity contribution in [3.8, 4) is 0 Å². The van der Waals surface area contributed by atoms with Crippen molar-refractivity contribution in [1.29, 1.82) is 0 Å². The molecule has 1 aromatic rings. The zero-order valence-corrected chi connectivity index (χ0v) is 12.7. The molecule has 0 radical (unpaired) electrons. The fourth-order valence-corrected chi connectivity index (χ4v) is 4.07. The summed E-state index contributed by atoms with van der Waals surface area (Å²) < 4.78 is 1.92. The van der Waals surface area contributed by atoms with Gasteiger partial charge in [-0.15, -0.1) is 0 Å². The second kappa shape index (κ2) is 5.75. The summed E-state index contributed by atoms with van der Waals surface area (Å²) in [5.41, 5.74) is 0. The summed E-state index contributed by atoms with van der Waals surface area (Å²) in [7, 11) is 0. The Hall–Kier alpha value is -1.43. The zero-order chi connectivity index (χ0) is 15.0. The van der Waals surface area contributed by atoms with E-state index in [2.05, 4.69) is 29.2 Å². The molecule has 0 aromatic carbocycles. The Morgan fingerprint density at radius 1 is 1.48 bits per heavy atom. The molecule has 0 aliphatic heterocycles. The Morgan fingerprint density at radius 2 is 2.24 bits per heavy atom. The summed E-state index contributed by atoms with van der Waals surface area (Å²) in [6.45, 7) is 5.74. The highest BCUT2D eigenvalue weighted by Gasteiger charge is 2.50. The van der Waals surface area contributed by atoms with Gasteiger partial charge in [0.05, 0.1) is 12.5 Å². The third-order valence-electron chi connectivity index (χ3n) is 4.93. The van der Waals surface area contributed by atoms with Gasteiger partial charge in [-0.2, -0.15) is 5.10 Å². The third kappa shape index (κ3) is 2.81. The number of rotatable bonds is 6. The van der Waals surface area contributed by atoms with Gasteiger partial charge in [-0.3, -0.25) is 4.79 Å². The van der Waals surface area contributed by atoms with Gasteiger partial charge in [0, 0.05) is 12.6 Å². The van der Waals surface area contributed by atoms with Crippen LogP contribution in [0.4, 0.5) is 0 Å². The molecule has 2 saturated carbocycles. The molecule has 2 bridgehead atoms. The van der Waals surface area contributed by atoms with Gasteiger partial charge in [-0.25, -0.2) is 9.67 Å². The topological polar surface area (TPSA) is 80.0 Å². The Bertz CT molecular complexity index is 514. The van der Waals surface area contributed by atoms with Gasteiger partial charge in [0.25, 0.3) is 0 Å². The fraction of sp³-hybridized carbons (Fsp3) is 0.800. The molecule has 0 spiro atoms. The van der Waals surface area contributed by atoms with Crippen LogP contribution < -0.4 is 5.32 Å². The predicted molar refractivity (Wildman–Crippen MR) is 77.4 cm³/mol. The summed E-state index contributed by atoms with van der Waals surface area (Å²) in [5.74, 6) is 1.40. The van der Waals surface area contributed by atoms with E-state index < -0.39 is 5.97 Å². The van der Waals surface area contributed by atoms with E-state index in [1.54, 1.807) is 6.33 Å². The lowest BCUT2D eigenvalue weighted by Crippen LogP contribution is -2.44. The SMILES string of the molecule is CC(C)Cn1ncnc1CNC1C2CCC(C2)C1C(=O)O. The van der Waals surface area contributed by atoms with Crippen LogP contribution in [-0.4, -0.2) is 31.9 Å². The van der Waals surface area contributed by atoms with Crippen molar-refractivity contribution in [2.45, 2.75) is 52.2 Å². The van der Waals surface area contributed by atoms with Gasteiger partial charge in [-0.05, 0) is 37.0 Å². The second-order valence-corrected chi connectivity index (χ2v) is 6.86. The van der Waals surface area contributed by atoms with E-state index in [0.29, 0.717) is 24.3 Å². The number of fused-ring (bicyclic) bond motifs is 2. The highest BCUT2D eigenvalue weighted by Crippen LogP contribution is 2.48. The normalized spacial score (nSPS) is 31.2. The fourth-order valence-electron chi connectivity index (χ4n) is 4.07. The van der Waals surface area contributed by atoms with Crippen LogP contribution in [0.3, 0.4) is 0 Å². The Balaban J connectivity index is 1.65. The average molecular weight is 292 g/mol. The average Bonchev–Trinajstić information content (AvgIpc) is 3.10. The van der Waals surface area contributed by atoms with Crippen molar-refractivity contribution >= 4 is 5.97 Å². The Labute approximate surface area is 124 Å². The number of hydrogen-bond acceptors (Lipinski definition) is 4. The van der Waals surface area contributed by atoms with E-state index in [-0.39, 0.29) is 12.0 Å². The minimum Gasteiger partial charge on any atom is -0.481 e. The number of carboxylic acid groups (broad SMARTS) is 1. The summed E-state index contributed by atoms with van der Waals surface area (Å²) >= 11 is 0. The maximum atomic E-state index is 11.5. The molecule has 1 aromatic heterocycles. The molecular formula is C15H24N4O2. The molecule has 2 fully saturated rings. The quantitative estimate of drug-likeness (QED) is 0.831. The summed E-state index contributed by atoms with van der Waals surface area (Å²) in [5, 5.41) is 17.2. The van der Waals surface area contributed by atoms with Crippen LogP contribution in [0.15, 0.2) is 6.33 Å². The van der Waals surface area contributed by atoms with E-state index in [4.69, 9.17) is 0 Å². The van der Waals surface area contributed by atoms with Gasteiger partial charge in [0.2, 0.25) is 0 Å². The van der Waals surface area contributed by atoms with E-state index in [1.807, 2.05) is 4.68 Å². The lowest BCUT2D eigenvalue weighted by Gasteiger charge is -2.28. The first-order chi connectivity index (χ1) is 10.1. The van der Waals surface area contributed by atoms with E-state index in [9.17, 15) is 9.90 Å². The molecule has 4 atom stereocenters. The predicted octanol–water partition coefficient (Wildman–Crippen LogP) is 1.52. The van der Waals surface area contributed by atoms with Crippen LogP contribution in [0, 0.1) is 23.7 Å². The third-order valence-corrected chi connectivity index (χ3v) is 4.93. The molecule has 21 heavy (non-hydrogen) atoms. The molecule has 2 aliphatic carbocycles. The standard InChI is InChI=1S/C15H24N4O2/c1-9(2)7-19-12(17-8-18-19)6-16-14-11-4-3-10(5-11)13(14)15(20)21/h8-11,13-14,16H,3-7H2,1-2H3,(H,20,21). The molecule has 2 N–H and O–H groups in total. The van der Waals surface area contributed by atoms with Crippen LogP contribution in [-0.2, 0) is 17.9 Å². The first-order valence-corrected chi connectivity index (χ1v) is 7.89. The molecule has 0 amide bonds. The van der Waals surface area contributed by atoms with Crippen molar-refractivity contribution in [2.75, 3.05) is 0 Å². The number of nitrogens with zero attached hydrogens (tertiary/aromatic N) is 3. The first kappa shape index (κ1) is 14.5. The van der Waals surface area contributed by atoms with Crippen LogP contribution in [0.1, 0.15) is 38.9 Å². The lowest BCUT2D eigenvalue weighted by atomic mass is 9.84. The number of hydrogen-bond donors (Lipinski definition) is 2. The van der Waals surface area contributed by atoms with E-state index in [1.165, 1.54) is 0 Å². The summed E-state index contributed by atoms with van der Waals surface area (Å²) in [4.78, 5) is 15.8. The van der Waals surface area contributed by atoms with Crippen LogP contribution in [0.2, 0.25) is 0 Å². The maximum Gasteiger partial charge on any atom is 0.308 e. The molecule has 3 rings (SSSR count). The Morgan fingerprint density at radius 3 is 2.95 bits per heavy atom. The minimum absolute atomic E-state index is 0.0884. The molecule has 1 heterocycles. The molecule has 4 unspecified atom stereocenters. The molecule has 6 heteroatoms. The van der Waals surface area contributed by atoms with Crippen molar-refractivity contribution in [1.82, 2.24) is 20.1 Å². The number of nitrogens with one attached hydrogen (secondary N) is 1. The van der Waals surface area contributed by atoms with Crippen LogP contribution in [0.25, 0.3) is 0 Å². The largest absolute Gasteiger partial charge is 0.481 e. The number of carbonyl (C=O) groups is 1. The van der Waals surface area contributed by atoms with Gasteiger partial charge in [-0.1, -0.05) is 13.8 Å². The molecular weight excluding hydrogens is 268 g/mol. The van der Waals surface area contributed by atoms with Gasteiger partial charge in [0.15, 0.2) is 0 Å². The molecule has 6 nitrogen and oxygen atoms in total. The van der Waals surface area contributed by atoms with Gasteiger partial charge < -0.3 is 10.4 Å². The van der Waals surface area contributed by atoms with Crippen molar-refractivity contribution in [3.63, 3.8) is 0 Å². The monoisotopic (exact) mass is 292 g/mol. The first-order valence-electron chi connectivity index (χ1n) is 7.89. The smallest absolute Gasteiger partial charge is 0.308 e. The highest BCUT2D eigenvalue weighted by molar-refractivity contribution is 5.72. The number of aliphatic carboxylic acids is 1. The van der Waals surface area contributed by atoms with Crippen LogP contribution >= 0.6 is 0 Å². The molecule has 2 aliphatic rings. The number of aromatic nitrogens is 3. The lowest BCUT2D eigenvalue weighted by molar-refractivity contribution is -0.144. The zero-order valence-electron chi connectivity index (χ0n) is 12.7. The van der Waals surface area contributed by atoms with Crippen molar-refractivity contribution < 1.29 is 9.90 Å². The number of carboxylic acids is 1. The van der Waals surface area contributed by atoms with E-state index in [0.717, 1.165) is 31.6 Å². The summed E-state index contributed by atoms with van der Waals surface area (Å²) in [6, 6.07) is 0.0884. The second-order valence-electron chi connectivity index (χ2n) is 6.86. The minimum atomic E-state index is -0.650. The highest BCUT2D eigenvalue weighted by atomic mass is 16.4. The van der Waals surface area contributed by atoms with Crippen molar-refractivity contribution in [2.24, 2.45) is 23.7 Å². The summed E-state index contributed by atoms with van der Waals surface area (Å²) in [6.07, 6.45) is 4.87. The maximum absolute atomic E-state index is 11.5.